The van der Waals surface area contributed by atoms with Crippen molar-refractivity contribution in [2.24, 2.45) is 0 Å². The highest BCUT2D eigenvalue weighted by Gasteiger charge is 2.24. The molecule has 0 radical (unpaired) electrons. The number of nitrogens with zero attached hydrogens (tertiary/aromatic N) is 2. The first kappa shape index (κ1) is 20.9. The van der Waals surface area contributed by atoms with Crippen molar-refractivity contribution >= 4 is 52.4 Å². The zero-order valence-electron chi connectivity index (χ0n) is 14.9. The molecule has 0 aliphatic heterocycles. The Morgan fingerprint density at radius 3 is 1.96 bits per heavy atom. The van der Waals surface area contributed by atoms with E-state index in [4.69, 9.17) is 51.1 Å². The lowest BCUT2D eigenvalue weighted by molar-refractivity contribution is 0.0520. The van der Waals surface area contributed by atoms with Gasteiger partial charge in [0, 0.05) is 11.1 Å². The van der Waals surface area contributed by atoms with Crippen LogP contribution in [-0.2, 0) is 4.74 Å². The van der Waals surface area contributed by atoms with Gasteiger partial charge in [0.05, 0.1) is 38.1 Å². The van der Waals surface area contributed by atoms with Crippen molar-refractivity contribution in [2.75, 3.05) is 6.61 Å². The van der Waals surface area contributed by atoms with Crippen LogP contribution in [0.3, 0.4) is 0 Å². The first-order valence-corrected chi connectivity index (χ1v) is 9.80. The molecule has 8 heteroatoms. The second-order valence-corrected chi connectivity index (χ2v) is 7.35. The summed E-state index contributed by atoms with van der Waals surface area (Å²) in [6, 6.07) is 10.3. The van der Waals surface area contributed by atoms with E-state index in [0.29, 0.717) is 37.6 Å². The molecule has 0 atom stereocenters. The van der Waals surface area contributed by atoms with E-state index in [9.17, 15) is 4.79 Å². The minimum Gasteiger partial charge on any atom is -0.461 e. The smallest absolute Gasteiger partial charge is 0.359 e. The van der Waals surface area contributed by atoms with Gasteiger partial charge in [0.25, 0.3) is 0 Å². The highest BCUT2D eigenvalue weighted by molar-refractivity contribution is 6.44. The number of carbonyl (C=O) groups excluding carboxylic acids is 1. The molecule has 144 valence electrons. The molecule has 0 saturated carbocycles. The Morgan fingerprint density at radius 1 is 0.893 bits per heavy atom. The van der Waals surface area contributed by atoms with Crippen LogP contribution in [0.15, 0.2) is 36.4 Å². The molecular weight excluding hydrogens is 442 g/mol. The molecule has 0 amide bonds. The van der Waals surface area contributed by atoms with E-state index < -0.39 is 5.97 Å². The van der Waals surface area contributed by atoms with Crippen molar-refractivity contribution in [1.82, 2.24) is 9.97 Å². The number of ether oxygens (including phenoxy) is 1. The SMILES string of the molecule is CCOC(=O)c1nc(-c2cccc(Cl)c2Cl)c(C)nc1-c1cccc(Cl)c1Cl. The molecule has 2 aromatic carbocycles. The molecule has 1 aromatic heterocycles. The number of hydrogen-bond acceptors (Lipinski definition) is 4. The predicted molar refractivity (Wildman–Crippen MR) is 114 cm³/mol. The molecule has 3 rings (SSSR count). The predicted octanol–water partition coefficient (Wildman–Crippen LogP) is 6.91. The molecule has 0 unspecified atom stereocenters. The summed E-state index contributed by atoms with van der Waals surface area (Å²) < 4.78 is 5.17. The third kappa shape index (κ3) is 3.96. The van der Waals surface area contributed by atoms with Crippen LogP contribution in [0.25, 0.3) is 22.5 Å². The van der Waals surface area contributed by atoms with Gasteiger partial charge >= 0.3 is 5.97 Å². The number of esters is 1. The van der Waals surface area contributed by atoms with Gasteiger partial charge in [-0.2, -0.15) is 0 Å². The van der Waals surface area contributed by atoms with Gasteiger partial charge in [-0.1, -0.05) is 70.7 Å². The van der Waals surface area contributed by atoms with Gasteiger partial charge in [-0.3, -0.25) is 0 Å². The Morgan fingerprint density at radius 2 is 1.43 bits per heavy atom. The van der Waals surface area contributed by atoms with Gasteiger partial charge in [0.15, 0.2) is 5.69 Å². The Kier molecular flexibility index (Phi) is 6.46. The summed E-state index contributed by atoms with van der Waals surface area (Å²) in [4.78, 5) is 21.7. The molecule has 4 nitrogen and oxygen atoms in total. The maximum Gasteiger partial charge on any atom is 0.359 e. The average Bonchev–Trinajstić information content (AvgIpc) is 2.66. The van der Waals surface area contributed by atoms with E-state index in [1.807, 2.05) is 0 Å². The normalized spacial score (nSPS) is 10.8. The van der Waals surface area contributed by atoms with Crippen molar-refractivity contribution < 1.29 is 9.53 Å². The molecule has 3 aromatic rings. The topological polar surface area (TPSA) is 52.1 Å². The van der Waals surface area contributed by atoms with E-state index in [1.54, 1.807) is 50.2 Å². The highest BCUT2D eigenvalue weighted by Crippen LogP contribution is 2.38. The lowest BCUT2D eigenvalue weighted by atomic mass is 10.1. The summed E-state index contributed by atoms with van der Waals surface area (Å²) in [5.74, 6) is -0.625. The molecule has 1 heterocycles. The number of halogens is 4. The molecule has 0 aliphatic carbocycles. The number of aromatic nitrogens is 2. The fourth-order valence-electron chi connectivity index (χ4n) is 2.68. The van der Waals surface area contributed by atoms with Crippen LogP contribution >= 0.6 is 46.4 Å². The van der Waals surface area contributed by atoms with Crippen LogP contribution in [0.4, 0.5) is 0 Å². The first-order valence-electron chi connectivity index (χ1n) is 8.29. The van der Waals surface area contributed by atoms with Crippen molar-refractivity contribution in [2.45, 2.75) is 13.8 Å². The van der Waals surface area contributed by atoms with Crippen LogP contribution in [0.1, 0.15) is 23.1 Å². The van der Waals surface area contributed by atoms with Crippen molar-refractivity contribution in [3.63, 3.8) is 0 Å². The number of rotatable bonds is 4. The average molecular weight is 456 g/mol. The van der Waals surface area contributed by atoms with Gasteiger partial charge in [-0.15, -0.1) is 0 Å². The number of benzene rings is 2. The summed E-state index contributed by atoms with van der Waals surface area (Å²) in [6.07, 6.45) is 0. The van der Waals surface area contributed by atoms with Gasteiger partial charge in [-0.05, 0) is 26.0 Å². The molecule has 0 fully saturated rings. The van der Waals surface area contributed by atoms with E-state index in [2.05, 4.69) is 9.97 Å². The third-order valence-electron chi connectivity index (χ3n) is 3.95. The zero-order chi connectivity index (χ0) is 20.4. The fourth-order valence-corrected chi connectivity index (χ4v) is 3.46. The Bertz CT molecular complexity index is 1070. The van der Waals surface area contributed by atoms with E-state index in [0.717, 1.165) is 0 Å². The van der Waals surface area contributed by atoms with Crippen molar-refractivity contribution in [3.8, 4) is 22.5 Å². The molecule has 0 N–H and O–H groups in total. The van der Waals surface area contributed by atoms with Crippen LogP contribution in [0.2, 0.25) is 20.1 Å². The number of hydrogen-bond donors (Lipinski definition) is 0. The van der Waals surface area contributed by atoms with E-state index >= 15 is 0 Å². The maximum atomic E-state index is 12.6. The summed E-state index contributed by atoms with van der Waals surface area (Å²) in [5.41, 5.74) is 2.32. The van der Waals surface area contributed by atoms with E-state index in [-0.39, 0.29) is 23.0 Å². The molecule has 0 bridgehead atoms. The first-order chi connectivity index (χ1) is 13.3. The van der Waals surface area contributed by atoms with Crippen LogP contribution < -0.4 is 0 Å². The largest absolute Gasteiger partial charge is 0.461 e. The molecule has 0 aliphatic rings. The lowest BCUT2D eigenvalue weighted by Crippen LogP contribution is -2.12. The van der Waals surface area contributed by atoms with Crippen LogP contribution in [0.5, 0.6) is 0 Å². The summed E-state index contributed by atoms with van der Waals surface area (Å²) in [6.45, 7) is 3.65. The molecule has 0 spiro atoms. The van der Waals surface area contributed by atoms with Gasteiger partial charge in [0.1, 0.15) is 5.69 Å². The van der Waals surface area contributed by atoms with Crippen molar-refractivity contribution in [1.29, 1.82) is 0 Å². The van der Waals surface area contributed by atoms with Gasteiger partial charge < -0.3 is 4.74 Å². The fraction of sp³-hybridized carbons (Fsp3) is 0.150. The third-order valence-corrected chi connectivity index (χ3v) is 5.59. The summed E-state index contributed by atoms with van der Waals surface area (Å²) in [7, 11) is 0. The van der Waals surface area contributed by atoms with E-state index in [1.165, 1.54) is 0 Å². The molecular formula is C20H14Cl4N2O2. The van der Waals surface area contributed by atoms with Gasteiger partial charge in [0.2, 0.25) is 0 Å². The second-order valence-electron chi connectivity index (χ2n) is 5.78. The number of aryl methyl sites for hydroxylation is 1. The Hall–Kier alpha value is -1.85. The van der Waals surface area contributed by atoms with Crippen LogP contribution in [-0.4, -0.2) is 22.5 Å². The monoisotopic (exact) mass is 454 g/mol. The second kappa shape index (κ2) is 8.66. The van der Waals surface area contributed by atoms with Crippen molar-refractivity contribution in [3.05, 3.63) is 67.9 Å². The quantitative estimate of drug-likeness (QED) is 0.401. The summed E-state index contributed by atoms with van der Waals surface area (Å²) >= 11 is 25.0. The minimum absolute atomic E-state index is 0.0164. The Labute approximate surface area is 182 Å². The molecule has 0 saturated heterocycles. The maximum absolute atomic E-state index is 12.6. The van der Waals surface area contributed by atoms with Gasteiger partial charge in [-0.25, -0.2) is 14.8 Å². The standard InChI is InChI=1S/C20H14Cl4N2O2/c1-3-28-20(27)19-18(12-7-5-9-14(22)16(12)24)25-10(2)17(26-19)11-6-4-8-13(21)15(11)23/h4-9H,3H2,1-2H3. The highest BCUT2D eigenvalue weighted by atomic mass is 35.5. The zero-order valence-corrected chi connectivity index (χ0v) is 17.9. The summed E-state index contributed by atoms with van der Waals surface area (Å²) in [5, 5.41) is 1.32. The molecule has 28 heavy (non-hydrogen) atoms. The Balaban J connectivity index is 2.30. The minimum atomic E-state index is -0.625. The van der Waals surface area contributed by atoms with Crippen LogP contribution in [0, 0.1) is 6.92 Å². The number of carbonyl (C=O) groups is 1. The lowest BCUT2D eigenvalue weighted by Gasteiger charge is -2.14.